The van der Waals surface area contributed by atoms with Gasteiger partial charge in [-0.05, 0) is 44.2 Å². The molecule has 0 saturated carbocycles. The highest BCUT2D eigenvalue weighted by Gasteiger charge is 2.12. The normalized spacial score (nSPS) is 11.7. The molecule has 0 aliphatic rings. The fourth-order valence-electron chi connectivity index (χ4n) is 1.55. The van der Waals surface area contributed by atoms with Crippen molar-refractivity contribution in [2.45, 2.75) is 20.3 Å². The van der Waals surface area contributed by atoms with Crippen LogP contribution in [0.3, 0.4) is 0 Å². The van der Waals surface area contributed by atoms with Crippen molar-refractivity contribution in [2.24, 2.45) is 11.7 Å². The number of rotatable bonds is 6. The van der Waals surface area contributed by atoms with E-state index in [0.717, 1.165) is 0 Å². The van der Waals surface area contributed by atoms with Crippen molar-refractivity contribution in [2.75, 3.05) is 18.5 Å². The Bertz CT molecular complexity index is 429. The number of carbonyl (C=O) groups is 2. The number of nitrogens with two attached hydrogens (primary N) is 1. The molecule has 0 spiro atoms. The molecule has 0 aromatic heterocycles. The Hall–Kier alpha value is -1.88. The maximum absolute atomic E-state index is 11.8. The minimum Gasteiger partial charge on any atom is -0.462 e. The molecule has 3 N–H and O–H groups in total. The molecule has 104 valence electrons. The topological polar surface area (TPSA) is 81.4 Å². The molecule has 0 bridgehead atoms. The van der Waals surface area contributed by atoms with Gasteiger partial charge in [0.25, 0.3) is 0 Å². The zero-order valence-corrected chi connectivity index (χ0v) is 11.3. The van der Waals surface area contributed by atoms with Crippen LogP contribution < -0.4 is 11.1 Å². The van der Waals surface area contributed by atoms with Gasteiger partial charge in [-0.15, -0.1) is 0 Å². The standard InChI is InChI=1S/C14H20N2O3/c1-3-19-14(18)11-4-6-12(7-5-11)16-13(17)10(2)8-9-15/h4-7,10H,3,8-9,15H2,1-2H3,(H,16,17). The van der Waals surface area contributed by atoms with Crippen molar-refractivity contribution in [3.63, 3.8) is 0 Å². The molecule has 0 heterocycles. The number of nitrogens with one attached hydrogen (secondary N) is 1. The molecular formula is C14H20N2O3. The fourth-order valence-corrected chi connectivity index (χ4v) is 1.55. The summed E-state index contributed by atoms with van der Waals surface area (Å²) in [5, 5.41) is 2.78. The summed E-state index contributed by atoms with van der Waals surface area (Å²) in [6.45, 7) is 4.41. The zero-order chi connectivity index (χ0) is 14.3. The number of amides is 1. The van der Waals surface area contributed by atoms with Crippen LogP contribution in [0.2, 0.25) is 0 Å². The first-order valence-corrected chi connectivity index (χ1v) is 6.36. The van der Waals surface area contributed by atoms with E-state index >= 15 is 0 Å². The summed E-state index contributed by atoms with van der Waals surface area (Å²) in [7, 11) is 0. The van der Waals surface area contributed by atoms with Crippen LogP contribution in [0.1, 0.15) is 30.6 Å². The number of benzene rings is 1. The van der Waals surface area contributed by atoms with Crippen LogP contribution in [0.4, 0.5) is 5.69 Å². The van der Waals surface area contributed by atoms with E-state index in [1.807, 2.05) is 6.92 Å². The predicted molar refractivity (Wildman–Crippen MR) is 73.9 cm³/mol. The van der Waals surface area contributed by atoms with E-state index in [9.17, 15) is 9.59 Å². The highest BCUT2D eigenvalue weighted by molar-refractivity contribution is 5.94. The maximum Gasteiger partial charge on any atom is 0.338 e. The molecule has 1 aromatic rings. The summed E-state index contributed by atoms with van der Waals surface area (Å²) < 4.78 is 4.88. The Kier molecular flexibility index (Phi) is 6.02. The Labute approximate surface area is 113 Å². The largest absolute Gasteiger partial charge is 0.462 e. The lowest BCUT2D eigenvalue weighted by Crippen LogP contribution is -2.22. The Balaban J connectivity index is 2.62. The van der Waals surface area contributed by atoms with E-state index in [4.69, 9.17) is 10.5 Å². The van der Waals surface area contributed by atoms with Crippen LogP contribution in [-0.4, -0.2) is 25.0 Å². The Morgan fingerprint density at radius 3 is 2.47 bits per heavy atom. The summed E-state index contributed by atoms with van der Waals surface area (Å²) in [5.41, 5.74) is 6.53. The van der Waals surface area contributed by atoms with Crippen LogP contribution in [0.25, 0.3) is 0 Å². The minimum atomic E-state index is -0.364. The first-order chi connectivity index (χ1) is 9.08. The molecular weight excluding hydrogens is 244 g/mol. The van der Waals surface area contributed by atoms with Crippen LogP contribution in [0.5, 0.6) is 0 Å². The van der Waals surface area contributed by atoms with E-state index in [0.29, 0.717) is 30.8 Å². The first-order valence-electron chi connectivity index (χ1n) is 6.36. The lowest BCUT2D eigenvalue weighted by Gasteiger charge is -2.11. The van der Waals surface area contributed by atoms with E-state index in [1.54, 1.807) is 31.2 Å². The zero-order valence-electron chi connectivity index (χ0n) is 11.3. The molecule has 0 aliphatic carbocycles. The molecule has 0 saturated heterocycles. The van der Waals surface area contributed by atoms with Gasteiger partial charge in [-0.2, -0.15) is 0 Å². The summed E-state index contributed by atoms with van der Waals surface area (Å²) >= 11 is 0. The third-order valence-electron chi connectivity index (χ3n) is 2.71. The Morgan fingerprint density at radius 2 is 1.95 bits per heavy atom. The smallest absolute Gasteiger partial charge is 0.338 e. The van der Waals surface area contributed by atoms with Gasteiger partial charge in [-0.1, -0.05) is 6.92 Å². The average molecular weight is 264 g/mol. The van der Waals surface area contributed by atoms with Crippen molar-refractivity contribution in [1.82, 2.24) is 0 Å². The lowest BCUT2D eigenvalue weighted by atomic mass is 10.1. The number of esters is 1. The van der Waals surface area contributed by atoms with Crippen molar-refractivity contribution >= 4 is 17.6 Å². The highest BCUT2D eigenvalue weighted by Crippen LogP contribution is 2.12. The number of hydrogen-bond acceptors (Lipinski definition) is 4. The van der Waals surface area contributed by atoms with Crippen LogP contribution in [0.15, 0.2) is 24.3 Å². The average Bonchev–Trinajstić information content (AvgIpc) is 2.40. The summed E-state index contributed by atoms with van der Waals surface area (Å²) in [6, 6.07) is 6.61. The number of ether oxygens (including phenoxy) is 1. The molecule has 1 unspecified atom stereocenters. The second kappa shape index (κ2) is 7.53. The number of carbonyl (C=O) groups excluding carboxylic acids is 2. The van der Waals surface area contributed by atoms with Gasteiger partial charge in [0.1, 0.15) is 0 Å². The second-order valence-electron chi connectivity index (χ2n) is 4.27. The molecule has 1 atom stereocenters. The molecule has 0 fully saturated rings. The van der Waals surface area contributed by atoms with Crippen molar-refractivity contribution in [1.29, 1.82) is 0 Å². The molecule has 0 aliphatic heterocycles. The number of hydrogen-bond donors (Lipinski definition) is 2. The molecule has 1 aromatic carbocycles. The first kappa shape index (κ1) is 15.2. The van der Waals surface area contributed by atoms with Crippen LogP contribution in [0, 0.1) is 5.92 Å². The van der Waals surface area contributed by atoms with E-state index in [-0.39, 0.29) is 17.8 Å². The highest BCUT2D eigenvalue weighted by atomic mass is 16.5. The van der Waals surface area contributed by atoms with Gasteiger partial charge >= 0.3 is 5.97 Å². The summed E-state index contributed by atoms with van der Waals surface area (Å²) in [4.78, 5) is 23.2. The van der Waals surface area contributed by atoms with Gasteiger partial charge in [-0.3, -0.25) is 4.79 Å². The SMILES string of the molecule is CCOC(=O)c1ccc(NC(=O)C(C)CCN)cc1. The second-order valence-corrected chi connectivity index (χ2v) is 4.27. The lowest BCUT2D eigenvalue weighted by molar-refractivity contribution is -0.119. The van der Waals surface area contributed by atoms with Gasteiger partial charge in [0.05, 0.1) is 12.2 Å². The monoisotopic (exact) mass is 264 g/mol. The van der Waals surface area contributed by atoms with E-state index < -0.39 is 0 Å². The van der Waals surface area contributed by atoms with Crippen LogP contribution >= 0.6 is 0 Å². The quantitative estimate of drug-likeness (QED) is 0.767. The van der Waals surface area contributed by atoms with Gasteiger partial charge in [-0.25, -0.2) is 4.79 Å². The molecule has 1 amide bonds. The van der Waals surface area contributed by atoms with Gasteiger partial charge in [0, 0.05) is 11.6 Å². The number of anilines is 1. The summed E-state index contributed by atoms with van der Waals surface area (Å²) in [5.74, 6) is -0.569. The third kappa shape index (κ3) is 4.71. The van der Waals surface area contributed by atoms with E-state index in [1.165, 1.54) is 0 Å². The maximum atomic E-state index is 11.8. The molecule has 1 rings (SSSR count). The predicted octanol–water partition coefficient (Wildman–Crippen LogP) is 1.79. The van der Waals surface area contributed by atoms with Gasteiger partial charge in [0.2, 0.25) is 5.91 Å². The summed E-state index contributed by atoms with van der Waals surface area (Å²) in [6.07, 6.45) is 0.646. The van der Waals surface area contributed by atoms with Crippen molar-refractivity contribution < 1.29 is 14.3 Å². The molecule has 5 nitrogen and oxygen atoms in total. The molecule has 0 radical (unpaired) electrons. The molecule has 19 heavy (non-hydrogen) atoms. The fraction of sp³-hybridized carbons (Fsp3) is 0.429. The van der Waals surface area contributed by atoms with Crippen molar-refractivity contribution in [3.05, 3.63) is 29.8 Å². The third-order valence-corrected chi connectivity index (χ3v) is 2.71. The van der Waals surface area contributed by atoms with E-state index in [2.05, 4.69) is 5.32 Å². The Morgan fingerprint density at radius 1 is 1.32 bits per heavy atom. The van der Waals surface area contributed by atoms with Gasteiger partial charge in [0.15, 0.2) is 0 Å². The minimum absolute atomic E-state index is 0.0747. The molecule has 5 heteroatoms. The van der Waals surface area contributed by atoms with Gasteiger partial charge < -0.3 is 15.8 Å². The van der Waals surface area contributed by atoms with Crippen molar-refractivity contribution in [3.8, 4) is 0 Å². The van der Waals surface area contributed by atoms with Crippen LogP contribution in [-0.2, 0) is 9.53 Å².